The Morgan fingerprint density at radius 1 is 1.67 bits per heavy atom. The van der Waals surface area contributed by atoms with E-state index in [-0.39, 0.29) is 0 Å². The third kappa shape index (κ3) is 0.587. The molecule has 6 heavy (non-hydrogen) atoms. The first-order valence-corrected chi connectivity index (χ1v) is 2.84. The number of hydrogen-bond acceptors (Lipinski definition) is 0. The van der Waals surface area contributed by atoms with Gasteiger partial charge in [0.25, 0.3) is 0 Å². The summed E-state index contributed by atoms with van der Waals surface area (Å²) in [4.78, 5) is 0. The van der Waals surface area contributed by atoms with Gasteiger partial charge >= 0.3 is 0 Å². The zero-order chi connectivity index (χ0) is 4.57. The van der Waals surface area contributed by atoms with E-state index in [4.69, 9.17) is 0 Å². The predicted octanol–water partition coefficient (Wildman–Crippen LogP) is 1.30. The Labute approximate surface area is 40.2 Å². The fourth-order valence-electron chi connectivity index (χ4n) is 0.968. The van der Waals surface area contributed by atoms with Crippen molar-refractivity contribution in [1.82, 2.24) is 0 Å². The van der Waals surface area contributed by atoms with E-state index in [2.05, 4.69) is 13.7 Å². The smallest absolute Gasteiger partial charge is 0.0891 e. The Kier molecular flexibility index (Phi) is 0.907. The highest BCUT2D eigenvalue weighted by molar-refractivity contribution is 6.37. The van der Waals surface area contributed by atoms with E-state index in [0.29, 0.717) is 0 Å². The summed E-state index contributed by atoms with van der Waals surface area (Å²) in [7, 11) is 1.40. The highest BCUT2D eigenvalue weighted by atomic mass is 14.3. The molecular formula is C5H11B. The van der Waals surface area contributed by atoms with Crippen LogP contribution < -0.4 is 0 Å². The molecule has 0 nitrogen and oxygen atoms in total. The molecule has 1 saturated carbocycles. The summed E-state index contributed by atoms with van der Waals surface area (Å²) in [6.07, 6.45) is 1.50. The van der Waals surface area contributed by atoms with Crippen LogP contribution in [0.4, 0.5) is 0 Å². The van der Waals surface area contributed by atoms with Gasteiger partial charge in [-0.15, -0.1) is 0 Å². The maximum Gasteiger partial charge on any atom is 0.121 e. The minimum atomic E-state index is 1.06. The van der Waals surface area contributed by atoms with Crippen LogP contribution >= 0.6 is 0 Å². The zero-order valence-corrected chi connectivity index (χ0v) is 4.57. The van der Waals surface area contributed by atoms with Crippen molar-refractivity contribution in [3.63, 3.8) is 0 Å². The molecule has 0 aliphatic heterocycles. The summed E-state index contributed by atoms with van der Waals surface area (Å²) in [6.45, 7) is 4.60. The molecule has 0 aromatic heterocycles. The summed E-state index contributed by atoms with van der Waals surface area (Å²) < 4.78 is 0. The molecule has 1 rings (SSSR count). The second-order valence-corrected chi connectivity index (χ2v) is 2.38. The molecule has 0 radical (unpaired) electrons. The number of hydrogen-bond donors (Lipinski definition) is 0. The molecule has 34 valence electrons. The Hall–Kier alpha value is 0.0649. The minimum Gasteiger partial charge on any atom is -0.0891 e. The van der Waals surface area contributed by atoms with Crippen LogP contribution in [0.25, 0.3) is 0 Å². The van der Waals surface area contributed by atoms with E-state index in [1.165, 1.54) is 13.7 Å². The lowest BCUT2D eigenvalue weighted by Crippen LogP contribution is -1.76. The molecule has 0 heterocycles. The Morgan fingerprint density at radius 2 is 2.17 bits per heavy atom. The molecule has 0 saturated heterocycles. The van der Waals surface area contributed by atoms with Crippen LogP contribution in [-0.4, -0.2) is 7.28 Å². The van der Waals surface area contributed by atoms with E-state index in [1.54, 1.807) is 0 Å². The predicted molar refractivity (Wildman–Crippen MR) is 30.5 cm³/mol. The average molecular weight is 82.0 g/mol. The molecule has 2 atom stereocenters. The lowest BCUT2D eigenvalue weighted by molar-refractivity contribution is 0.978. The first-order chi connectivity index (χ1) is 2.84. The summed E-state index contributed by atoms with van der Waals surface area (Å²) in [5.74, 6) is 2.17. The lowest BCUT2D eigenvalue weighted by Gasteiger charge is -1.76. The molecule has 0 aromatic carbocycles. The SMILES string of the molecule is CBC1CC1C. The van der Waals surface area contributed by atoms with Gasteiger partial charge in [-0.3, -0.25) is 0 Å². The quantitative estimate of drug-likeness (QED) is 0.418. The second kappa shape index (κ2) is 1.29. The average Bonchev–Trinajstić information content (AvgIpc) is 2.19. The molecule has 0 spiro atoms. The summed E-state index contributed by atoms with van der Waals surface area (Å²) in [5, 5.41) is 0. The molecule has 0 aromatic rings. The van der Waals surface area contributed by atoms with Crippen LogP contribution in [0.5, 0.6) is 0 Å². The Bertz CT molecular complexity index is 49.9. The zero-order valence-electron chi connectivity index (χ0n) is 4.57. The molecule has 0 amide bonds. The maximum atomic E-state index is 2.33. The minimum absolute atomic E-state index is 1.06. The first-order valence-electron chi connectivity index (χ1n) is 2.84. The highest BCUT2D eigenvalue weighted by Gasteiger charge is 2.30. The van der Waals surface area contributed by atoms with Crippen molar-refractivity contribution in [3.8, 4) is 0 Å². The van der Waals surface area contributed by atoms with Gasteiger partial charge < -0.3 is 0 Å². The van der Waals surface area contributed by atoms with Crippen molar-refractivity contribution in [2.45, 2.75) is 26.0 Å². The third-order valence-corrected chi connectivity index (χ3v) is 1.80. The normalized spacial score (nSPS) is 42.3. The van der Waals surface area contributed by atoms with Gasteiger partial charge in [0.15, 0.2) is 0 Å². The molecule has 2 unspecified atom stereocenters. The van der Waals surface area contributed by atoms with Gasteiger partial charge in [0.2, 0.25) is 0 Å². The van der Waals surface area contributed by atoms with Gasteiger partial charge in [-0.25, -0.2) is 0 Å². The molecule has 1 fully saturated rings. The molecular weight excluding hydrogens is 70.9 g/mol. The summed E-state index contributed by atoms with van der Waals surface area (Å²) in [6, 6.07) is 0. The van der Waals surface area contributed by atoms with Crippen molar-refractivity contribution in [2.24, 2.45) is 5.92 Å². The van der Waals surface area contributed by atoms with Crippen molar-refractivity contribution in [1.29, 1.82) is 0 Å². The van der Waals surface area contributed by atoms with E-state index in [9.17, 15) is 0 Å². The van der Waals surface area contributed by atoms with E-state index < -0.39 is 0 Å². The number of rotatable bonds is 1. The van der Waals surface area contributed by atoms with Gasteiger partial charge in [-0.05, 0) is 5.92 Å². The van der Waals surface area contributed by atoms with Crippen molar-refractivity contribution < 1.29 is 0 Å². The van der Waals surface area contributed by atoms with E-state index >= 15 is 0 Å². The van der Waals surface area contributed by atoms with Crippen molar-refractivity contribution in [3.05, 3.63) is 0 Å². The van der Waals surface area contributed by atoms with E-state index in [0.717, 1.165) is 11.7 Å². The molecule has 1 aliphatic carbocycles. The van der Waals surface area contributed by atoms with Gasteiger partial charge in [-0.1, -0.05) is 26.0 Å². The fourth-order valence-corrected chi connectivity index (χ4v) is 0.968. The first kappa shape index (κ1) is 4.23. The molecule has 1 aliphatic rings. The van der Waals surface area contributed by atoms with Gasteiger partial charge in [0, 0.05) is 0 Å². The van der Waals surface area contributed by atoms with Crippen LogP contribution in [0.2, 0.25) is 12.6 Å². The summed E-state index contributed by atoms with van der Waals surface area (Å²) >= 11 is 0. The Morgan fingerprint density at radius 3 is 2.17 bits per heavy atom. The Balaban J connectivity index is 2.09. The second-order valence-electron chi connectivity index (χ2n) is 2.38. The van der Waals surface area contributed by atoms with Gasteiger partial charge in [0.05, 0.1) is 0 Å². The van der Waals surface area contributed by atoms with Gasteiger partial charge in [0.1, 0.15) is 7.28 Å². The third-order valence-electron chi connectivity index (χ3n) is 1.80. The summed E-state index contributed by atoms with van der Waals surface area (Å²) in [5.41, 5.74) is 0. The standard InChI is InChI=1S/C5H11B/c1-4-3-5(4)6-2/h4-6H,3H2,1-2H3. The topological polar surface area (TPSA) is 0 Å². The van der Waals surface area contributed by atoms with Crippen LogP contribution in [0.15, 0.2) is 0 Å². The maximum absolute atomic E-state index is 2.33. The van der Waals surface area contributed by atoms with Gasteiger partial charge in [-0.2, -0.15) is 0 Å². The van der Waals surface area contributed by atoms with Crippen LogP contribution in [0.3, 0.4) is 0 Å². The van der Waals surface area contributed by atoms with E-state index in [1.807, 2.05) is 0 Å². The van der Waals surface area contributed by atoms with Crippen LogP contribution in [-0.2, 0) is 0 Å². The van der Waals surface area contributed by atoms with Crippen molar-refractivity contribution in [2.75, 3.05) is 0 Å². The van der Waals surface area contributed by atoms with Crippen LogP contribution in [0.1, 0.15) is 13.3 Å². The largest absolute Gasteiger partial charge is 0.121 e. The van der Waals surface area contributed by atoms with Crippen molar-refractivity contribution >= 4 is 7.28 Å². The molecule has 1 heteroatoms. The molecule has 0 N–H and O–H groups in total. The fraction of sp³-hybridized carbons (Fsp3) is 1.00. The lowest BCUT2D eigenvalue weighted by atomic mass is 9.75. The highest BCUT2D eigenvalue weighted by Crippen LogP contribution is 2.42. The monoisotopic (exact) mass is 82.1 g/mol. The molecule has 0 bridgehead atoms. The van der Waals surface area contributed by atoms with Crippen LogP contribution in [0, 0.1) is 5.92 Å².